The Balaban J connectivity index is 1.23. The largest absolute Gasteiger partial charge is 0.504 e. The van der Waals surface area contributed by atoms with Crippen molar-refractivity contribution in [3.8, 4) is 79.8 Å². The monoisotopic (exact) mass is 758 g/mol. The molecule has 0 spiro atoms. The number of furan rings is 1. The summed E-state index contributed by atoms with van der Waals surface area (Å²) in [4.78, 5) is 14.6. The highest BCUT2D eigenvalue weighted by Crippen LogP contribution is 2.56. The summed E-state index contributed by atoms with van der Waals surface area (Å²) in [5.41, 5.74) is 6.04. The summed E-state index contributed by atoms with van der Waals surface area (Å²) < 4.78 is 7.95. The Hall–Kier alpha value is -7.92. The summed E-state index contributed by atoms with van der Waals surface area (Å²) in [5.74, 6) is -2.77. The van der Waals surface area contributed by atoms with Gasteiger partial charge in [0.1, 0.15) is 32.4 Å². The maximum atomic E-state index is 12.1. The zero-order chi connectivity index (χ0) is 39.7. The average Bonchev–Trinajstić information content (AvgIpc) is 3.93. The Kier molecular flexibility index (Phi) is 6.80. The molecule has 11 nitrogen and oxygen atoms in total. The Morgan fingerprint density at radius 1 is 0.431 bits per heavy atom. The standard InChI is InChI=1S/C45H28B2N4O7/c46-31-25(21-14-9-15-22(18-21)45-49-43(19-10-3-1-4-11-19)48-44(50-45)20-12-5-2-6-13-20)36(52)38(54)34-28(31)27-32(47)26-23-16-7-8-17-24(23)58-42(26)30-29-35(51(34)33(27)30)39(55)41(57)40(56)37(29)53/h1-18,52-57H,46-47H2. The molecular formula is C45H28B2N4O7. The predicted octanol–water partition coefficient (Wildman–Crippen LogP) is 6.34. The molecule has 0 saturated heterocycles. The lowest BCUT2D eigenvalue weighted by atomic mass is 9.78. The van der Waals surface area contributed by atoms with Crippen LogP contribution in [0.3, 0.4) is 0 Å². The minimum Gasteiger partial charge on any atom is -0.504 e. The smallest absolute Gasteiger partial charge is 0.206 e. The third-order valence-corrected chi connectivity index (χ3v) is 11.4. The molecule has 0 bridgehead atoms. The third-order valence-electron chi connectivity index (χ3n) is 11.4. The van der Waals surface area contributed by atoms with Gasteiger partial charge in [-0.15, -0.1) is 0 Å². The van der Waals surface area contributed by atoms with Crippen molar-refractivity contribution in [1.29, 1.82) is 0 Å². The number of nitrogens with zero attached hydrogens (tertiary/aromatic N) is 4. The van der Waals surface area contributed by atoms with Gasteiger partial charge in [-0.2, -0.15) is 0 Å². The Morgan fingerprint density at radius 3 is 1.62 bits per heavy atom. The van der Waals surface area contributed by atoms with Crippen molar-refractivity contribution < 1.29 is 35.1 Å². The van der Waals surface area contributed by atoms with Crippen LogP contribution in [0, 0.1) is 0 Å². The van der Waals surface area contributed by atoms with Crippen molar-refractivity contribution in [3.05, 3.63) is 109 Å². The second-order valence-electron chi connectivity index (χ2n) is 14.5. The summed E-state index contributed by atoms with van der Waals surface area (Å²) in [6.07, 6.45) is 0. The zero-order valence-electron chi connectivity index (χ0n) is 30.8. The molecule has 11 rings (SSSR count). The van der Waals surface area contributed by atoms with E-state index in [0.29, 0.717) is 72.5 Å². The van der Waals surface area contributed by atoms with Crippen molar-refractivity contribution in [3.63, 3.8) is 0 Å². The van der Waals surface area contributed by atoms with E-state index in [4.69, 9.17) is 19.4 Å². The van der Waals surface area contributed by atoms with Crippen LogP contribution in [0.5, 0.6) is 34.5 Å². The van der Waals surface area contributed by atoms with Crippen LogP contribution in [-0.2, 0) is 0 Å². The number of para-hydroxylation sites is 1. The van der Waals surface area contributed by atoms with E-state index in [2.05, 4.69) is 0 Å². The minimum atomic E-state index is -0.935. The van der Waals surface area contributed by atoms with Gasteiger partial charge in [0.15, 0.2) is 40.5 Å². The molecule has 58 heavy (non-hydrogen) atoms. The van der Waals surface area contributed by atoms with E-state index in [9.17, 15) is 30.6 Å². The lowest BCUT2D eigenvalue weighted by Crippen LogP contribution is -2.12. The first-order valence-electron chi connectivity index (χ1n) is 18.5. The van der Waals surface area contributed by atoms with Crippen LogP contribution in [0.4, 0.5) is 0 Å². The molecule has 0 aliphatic carbocycles. The van der Waals surface area contributed by atoms with Gasteiger partial charge >= 0.3 is 0 Å². The molecule has 0 amide bonds. The van der Waals surface area contributed by atoms with Crippen LogP contribution < -0.4 is 10.9 Å². The van der Waals surface area contributed by atoms with Crippen molar-refractivity contribution in [2.24, 2.45) is 0 Å². The van der Waals surface area contributed by atoms with Crippen molar-refractivity contribution >= 4 is 86.7 Å². The molecule has 13 heteroatoms. The summed E-state index contributed by atoms with van der Waals surface area (Å²) in [7, 11) is 3.78. The number of aromatic nitrogens is 4. The molecule has 11 aromatic rings. The number of rotatable bonds is 4. The van der Waals surface area contributed by atoms with Gasteiger partial charge < -0.3 is 39.5 Å². The molecule has 0 saturated carbocycles. The van der Waals surface area contributed by atoms with E-state index in [1.807, 2.05) is 125 Å². The molecule has 4 aromatic heterocycles. The van der Waals surface area contributed by atoms with Gasteiger partial charge in [0.05, 0.1) is 21.8 Å². The number of hydrogen-bond donors (Lipinski definition) is 6. The second-order valence-corrected chi connectivity index (χ2v) is 14.5. The van der Waals surface area contributed by atoms with Gasteiger partial charge in [-0.05, 0) is 17.7 Å². The van der Waals surface area contributed by atoms with Gasteiger partial charge in [-0.1, -0.05) is 108 Å². The molecule has 0 aliphatic heterocycles. The minimum absolute atomic E-state index is 0.00849. The van der Waals surface area contributed by atoms with Crippen LogP contribution in [0.1, 0.15) is 0 Å². The number of hydrogen-bond acceptors (Lipinski definition) is 10. The lowest BCUT2D eigenvalue weighted by Gasteiger charge is -2.16. The third kappa shape index (κ3) is 4.32. The van der Waals surface area contributed by atoms with Crippen LogP contribution in [-0.4, -0.2) is 65.7 Å². The Labute approximate surface area is 329 Å². The fourth-order valence-corrected chi connectivity index (χ4v) is 8.82. The van der Waals surface area contributed by atoms with E-state index in [1.54, 1.807) is 0 Å². The lowest BCUT2D eigenvalue weighted by molar-refractivity contribution is 0.350. The first-order valence-corrected chi connectivity index (χ1v) is 18.5. The van der Waals surface area contributed by atoms with Crippen molar-refractivity contribution in [2.75, 3.05) is 0 Å². The highest BCUT2D eigenvalue weighted by Gasteiger charge is 2.34. The van der Waals surface area contributed by atoms with Gasteiger partial charge in [-0.25, -0.2) is 15.0 Å². The number of phenols is 6. The molecule has 0 atom stereocenters. The first kappa shape index (κ1) is 33.4. The molecular weight excluding hydrogens is 730 g/mol. The van der Waals surface area contributed by atoms with Gasteiger partial charge in [0, 0.05) is 43.8 Å². The molecule has 0 fully saturated rings. The number of phenolic OH excluding ortho intramolecular Hbond substituents is 6. The summed E-state index contributed by atoms with van der Waals surface area (Å²) >= 11 is 0. The number of fused-ring (bicyclic) bond motifs is 10. The number of aromatic hydroxyl groups is 6. The maximum Gasteiger partial charge on any atom is 0.206 e. The van der Waals surface area contributed by atoms with Gasteiger partial charge in [-0.3, -0.25) is 0 Å². The fraction of sp³-hybridized carbons (Fsp3) is 0. The zero-order valence-corrected chi connectivity index (χ0v) is 30.8. The quantitative estimate of drug-likeness (QED) is 0.0675. The molecule has 276 valence electrons. The molecule has 6 N–H and O–H groups in total. The van der Waals surface area contributed by atoms with E-state index in [-0.39, 0.29) is 16.4 Å². The van der Waals surface area contributed by atoms with Crippen LogP contribution in [0.2, 0.25) is 0 Å². The molecule has 0 unspecified atom stereocenters. The Bertz CT molecular complexity index is 3490. The molecule has 0 radical (unpaired) electrons. The van der Waals surface area contributed by atoms with E-state index >= 15 is 0 Å². The van der Waals surface area contributed by atoms with Crippen LogP contribution in [0.15, 0.2) is 114 Å². The summed E-state index contributed by atoms with van der Waals surface area (Å²) in [6, 6.07) is 34.2. The Morgan fingerprint density at radius 2 is 0.948 bits per heavy atom. The first-order chi connectivity index (χ1) is 28.1. The molecule has 7 aromatic carbocycles. The molecule has 4 heterocycles. The van der Waals surface area contributed by atoms with Crippen LogP contribution in [0.25, 0.3) is 105 Å². The van der Waals surface area contributed by atoms with E-state index in [0.717, 1.165) is 27.4 Å². The molecule has 0 aliphatic rings. The fourth-order valence-electron chi connectivity index (χ4n) is 8.82. The highest BCUT2D eigenvalue weighted by molar-refractivity contribution is 6.57. The maximum absolute atomic E-state index is 12.1. The van der Waals surface area contributed by atoms with E-state index in [1.165, 1.54) is 4.40 Å². The van der Waals surface area contributed by atoms with Crippen molar-refractivity contribution in [1.82, 2.24) is 19.4 Å². The van der Waals surface area contributed by atoms with Crippen molar-refractivity contribution in [2.45, 2.75) is 0 Å². The highest BCUT2D eigenvalue weighted by atomic mass is 16.3. The van der Waals surface area contributed by atoms with E-state index < -0.39 is 34.5 Å². The average molecular weight is 758 g/mol. The second kappa shape index (κ2) is 11.8. The topological polar surface area (TPSA) is 178 Å². The SMILES string of the molecule is Bc1c(-c2cccc(-c3nc(-c4ccccc4)nc(-c4ccccc4)n3)c2)c(O)c(O)c2c1c1c(B)c3c4ccccc4oc3c3c4c(O)c(O)c(O)c(O)c4n2c13. The summed E-state index contributed by atoms with van der Waals surface area (Å²) in [5, 5.41) is 71.7. The normalized spacial score (nSPS) is 12.0. The van der Waals surface area contributed by atoms with Gasteiger partial charge in [0.25, 0.3) is 0 Å². The summed E-state index contributed by atoms with van der Waals surface area (Å²) in [6.45, 7) is 0. The predicted molar refractivity (Wildman–Crippen MR) is 230 cm³/mol. The van der Waals surface area contributed by atoms with Crippen LogP contribution >= 0.6 is 0 Å². The van der Waals surface area contributed by atoms with Gasteiger partial charge in [0.2, 0.25) is 11.5 Å². The number of benzene rings is 7.